The number of benzene rings is 2. The van der Waals surface area contributed by atoms with Crippen LogP contribution in [-0.4, -0.2) is 26.2 Å². The molecule has 6 heteroatoms. The highest BCUT2D eigenvalue weighted by Crippen LogP contribution is 2.48. The van der Waals surface area contributed by atoms with Crippen LogP contribution in [0.3, 0.4) is 0 Å². The molecule has 0 saturated heterocycles. The summed E-state index contributed by atoms with van der Waals surface area (Å²) in [6, 6.07) is 3.98. The molecule has 0 aromatic heterocycles. The summed E-state index contributed by atoms with van der Waals surface area (Å²) in [7, 11) is 0. The van der Waals surface area contributed by atoms with Gasteiger partial charge in [0.2, 0.25) is 0 Å². The molecule has 164 valence electrons. The topological polar surface area (TPSA) is 107 Å². The number of rotatable bonds is 5. The van der Waals surface area contributed by atoms with Crippen LogP contribution in [0, 0.1) is 0 Å². The van der Waals surface area contributed by atoms with Gasteiger partial charge in [-0.3, -0.25) is 4.79 Å². The second kappa shape index (κ2) is 8.02. The number of carbonyl (C=O) groups is 1. The quantitative estimate of drug-likeness (QED) is 0.492. The monoisotopic (exact) mass is 424 g/mol. The fraction of sp³-hybridized carbons (Fsp3) is 0.320. The van der Waals surface area contributed by atoms with Crippen LogP contribution in [0.15, 0.2) is 42.5 Å². The first kappa shape index (κ1) is 22.3. The Morgan fingerprint density at radius 3 is 2.35 bits per heavy atom. The maximum atomic E-state index is 12.9. The molecule has 2 aromatic carbocycles. The molecule has 1 atom stereocenters. The SMILES string of the molecule is C=CC(C)(C)c1cc([C@@H]2CC(=O)c3c(O)cc(O)c(CC=C(C)C)c3O2)c(O)cc1O. The lowest BCUT2D eigenvalue weighted by atomic mass is 9.82. The Kier molecular flexibility index (Phi) is 5.77. The molecule has 1 heterocycles. The van der Waals surface area contributed by atoms with Crippen molar-refractivity contribution in [3.63, 3.8) is 0 Å². The van der Waals surface area contributed by atoms with Gasteiger partial charge in [0, 0.05) is 34.2 Å². The predicted octanol–water partition coefficient (Wildman–Crippen LogP) is 5.19. The van der Waals surface area contributed by atoms with Crippen LogP contribution in [0.2, 0.25) is 0 Å². The standard InChI is InChI=1S/C25H28O6/c1-6-25(4,5)16-9-15(18(27)10-19(16)28)22-12-21(30)23-20(29)11-17(26)14(24(23)31-22)8-7-13(2)3/h6-7,9-11,22,26-29H,1,8,12H2,2-5H3/t22-/m0/s1. The molecule has 1 aliphatic rings. The van der Waals surface area contributed by atoms with Gasteiger partial charge in [0.05, 0.1) is 6.42 Å². The molecule has 1 aliphatic heterocycles. The van der Waals surface area contributed by atoms with Crippen molar-refractivity contribution in [1.29, 1.82) is 0 Å². The lowest BCUT2D eigenvalue weighted by Gasteiger charge is -2.30. The third-order valence-electron chi connectivity index (χ3n) is 5.66. The molecule has 31 heavy (non-hydrogen) atoms. The molecule has 0 amide bonds. The molecule has 0 bridgehead atoms. The number of hydrogen-bond donors (Lipinski definition) is 4. The number of Topliss-reactive ketones (excluding diaryl/α,β-unsaturated/α-hetero) is 1. The first-order valence-corrected chi connectivity index (χ1v) is 10.1. The van der Waals surface area contributed by atoms with E-state index in [1.165, 1.54) is 6.07 Å². The third-order valence-corrected chi connectivity index (χ3v) is 5.66. The Hall–Kier alpha value is -3.41. The Balaban J connectivity index is 2.15. The normalized spacial score (nSPS) is 15.7. The fourth-order valence-corrected chi connectivity index (χ4v) is 3.68. The van der Waals surface area contributed by atoms with Crippen molar-refractivity contribution in [3.05, 3.63) is 64.8 Å². The number of phenols is 4. The maximum Gasteiger partial charge on any atom is 0.174 e. The zero-order valence-electron chi connectivity index (χ0n) is 18.2. The molecule has 0 unspecified atom stereocenters. The van der Waals surface area contributed by atoms with Gasteiger partial charge in [0.25, 0.3) is 0 Å². The van der Waals surface area contributed by atoms with Crippen LogP contribution in [0.25, 0.3) is 0 Å². The van der Waals surface area contributed by atoms with E-state index in [-0.39, 0.29) is 46.5 Å². The first-order chi connectivity index (χ1) is 14.5. The molecular weight excluding hydrogens is 396 g/mol. The maximum absolute atomic E-state index is 12.9. The van der Waals surface area contributed by atoms with Crippen LogP contribution >= 0.6 is 0 Å². The molecule has 3 rings (SSSR count). The van der Waals surface area contributed by atoms with Gasteiger partial charge in [-0.2, -0.15) is 0 Å². The number of fused-ring (bicyclic) bond motifs is 1. The summed E-state index contributed by atoms with van der Waals surface area (Å²) in [5, 5.41) is 41.5. The Bertz CT molecular complexity index is 1090. The molecule has 0 saturated carbocycles. The second-order valence-corrected chi connectivity index (χ2v) is 8.67. The van der Waals surface area contributed by atoms with Gasteiger partial charge < -0.3 is 25.2 Å². The number of carbonyl (C=O) groups excluding carboxylic acids is 1. The minimum atomic E-state index is -0.855. The number of allylic oxidation sites excluding steroid dienone is 3. The molecule has 6 nitrogen and oxygen atoms in total. The van der Waals surface area contributed by atoms with Crippen LogP contribution in [0.5, 0.6) is 28.7 Å². The van der Waals surface area contributed by atoms with Crippen molar-refractivity contribution < 1.29 is 30.0 Å². The summed E-state index contributed by atoms with van der Waals surface area (Å²) in [6.45, 7) is 11.4. The molecule has 0 spiro atoms. The zero-order valence-corrected chi connectivity index (χ0v) is 18.2. The fourth-order valence-electron chi connectivity index (χ4n) is 3.68. The van der Waals surface area contributed by atoms with Crippen LogP contribution in [0.4, 0.5) is 0 Å². The molecule has 0 radical (unpaired) electrons. The molecule has 0 aliphatic carbocycles. The average molecular weight is 424 g/mol. The van der Waals surface area contributed by atoms with Crippen molar-refractivity contribution in [2.45, 2.75) is 52.1 Å². The van der Waals surface area contributed by atoms with Gasteiger partial charge in [-0.25, -0.2) is 0 Å². The van der Waals surface area contributed by atoms with E-state index in [2.05, 4.69) is 6.58 Å². The first-order valence-electron chi connectivity index (χ1n) is 10.1. The van der Waals surface area contributed by atoms with Crippen LogP contribution in [0.1, 0.15) is 67.3 Å². The van der Waals surface area contributed by atoms with Crippen molar-refractivity contribution in [3.8, 4) is 28.7 Å². The average Bonchev–Trinajstić information content (AvgIpc) is 2.66. The van der Waals surface area contributed by atoms with E-state index in [4.69, 9.17) is 4.74 Å². The summed E-state index contributed by atoms with van der Waals surface area (Å²) in [6.07, 6.45) is 2.91. The van der Waals surface area contributed by atoms with Gasteiger partial charge >= 0.3 is 0 Å². The summed E-state index contributed by atoms with van der Waals surface area (Å²) in [5.74, 6) is -1.08. The van der Waals surface area contributed by atoms with E-state index in [0.29, 0.717) is 23.1 Å². The van der Waals surface area contributed by atoms with Crippen molar-refractivity contribution in [2.75, 3.05) is 0 Å². The molecular formula is C25H28O6. The Morgan fingerprint density at radius 1 is 1.10 bits per heavy atom. The van der Waals surface area contributed by atoms with Crippen LogP contribution < -0.4 is 4.74 Å². The van der Waals surface area contributed by atoms with Gasteiger partial charge in [-0.1, -0.05) is 31.6 Å². The van der Waals surface area contributed by atoms with E-state index in [1.54, 1.807) is 12.1 Å². The zero-order chi connectivity index (χ0) is 23.1. The van der Waals surface area contributed by atoms with Crippen LogP contribution in [-0.2, 0) is 11.8 Å². The predicted molar refractivity (Wildman–Crippen MR) is 118 cm³/mol. The van der Waals surface area contributed by atoms with Gasteiger partial charge in [-0.15, -0.1) is 6.58 Å². The van der Waals surface area contributed by atoms with Crippen molar-refractivity contribution >= 4 is 5.78 Å². The highest BCUT2D eigenvalue weighted by molar-refractivity contribution is 6.03. The van der Waals surface area contributed by atoms with Gasteiger partial charge in [0.15, 0.2) is 5.78 Å². The lowest BCUT2D eigenvalue weighted by Crippen LogP contribution is -2.23. The highest BCUT2D eigenvalue weighted by atomic mass is 16.5. The largest absolute Gasteiger partial charge is 0.507 e. The molecule has 4 N–H and O–H groups in total. The number of ether oxygens (including phenoxy) is 1. The molecule has 2 aromatic rings. The Labute approximate surface area is 181 Å². The number of ketones is 1. The van der Waals surface area contributed by atoms with Gasteiger partial charge in [-0.05, 0) is 26.3 Å². The summed E-state index contributed by atoms with van der Waals surface area (Å²) < 4.78 is 6.10. The molecule has 0 fully saturated rings. The van der Waals surface area contributed by atoms with Crippen molar-refractivity contribution in [2.24, 2.45) is 0 Å². The Morgan fingerprint density at radius 2 is 1.74 bits per heavy atom. The minimum Gasteiger partial charge on any atom is -0.507 e. The lowest BCUT2D eigenvalue weighted by molar-refractivity contribution is 0.0839. The van der Waals surface area contributed by atoms with E-state index in [1.807, 2.05) is 33.8 Å². The summed E-state index contributed by atoms with van der Waals surface area (Å²) >= 11 is 0. The van der Waals surface area contributed by atoms with E-state index in [0.717, 1.165) is 11.6 Å². The van der Waals surface area contributed by atoms with E-state index in [9.17, 15) is 25.2 Å². The van der Waals surface area contributed by atoms with Crippen molar-refractivity contribution in [1.82, 2.24) is 0 Å². The third kappa shape index (κ3) is 4.10. The summed E-state index contributed by atoms with van der Waals surface area (Å²) in [5.41, 5.74) is 1.70. The van der Waals surface area contributed by atoms with E-state index < -0.39 is 11.5 Å². The number of aromatic hydroxyl groups is 4. The highest BCUT2D eigenvalue weighted by Gasteiger charge is 2.35. The number of phenolic OH excluding ortho intramolecular Hbond substituents is 4. The minimum absolute atomic E-state index is 0.0242. The van der Waals surface area contributed by atoms with E-state index >= 15 is 0 Å². The smallest absolute Gasteiger partial charge is 0.174 e. The summed E-state index contributed by atoms with van der Waals surface area (Å²) in [4.78, 5) is 12.9. The van der Waals surface area contributed by atoms with Gasteiger partial charge in [0.1, 0.15) is 40.4 Å². The second-order valence-electron chi connectivity index (χ2n) is 8.67. The number of hydrogen-bond acceptors (Lipinski definition) is 6.